The second kappa shape index (κ2) is 6.82. The molecule has 2 heterocycles. The number of nitrogens with zero attached hydrogens (tertiary/aromatic N) is 1. The first-order valence-electron chi connectivity index (χ1n) is 9.14. The van der Waals surface area contributed by atoms with Crippen LogP contribution in [0, 0.1) is 0 Å². The smallest absolute Gasteiger partial charge is 0.237 e. The van der Waals surface area contributed by atoms with Crippen LogP contribution >= 0.6 is 0 Å². The first kappa shape index (κ1) is 16.1. The maximum absolute atomic E-state index is 12.9. The Morgan fingerprint density at radius 1 is 1.21 bits per heavy atom. The molecule has 0 spiro atoms. The van der Waals surface area contributed by atoms with E-state index in [-0.39, 0.29) is 18.0 Å². The second-order valence-corrected chi connectivity index (χ2v) is 7.20. The third kappa shape index (κ3) is 2.96. The summed E-state index contributed by atoms with van der Waals surface area (Å²) in [5.74, 6) is 0.0692. The number of ether oxygens (including phenoxy) is 1. The van der Waals surface area contributed by atoms with E-state index >= 15 is 0 Å². The number of fused-ring (bicyclic) bond motifs is 1. The molecule has 0 unspecified atom stereocenters. The van der Waals surface area contributed by atoms with Crippen LogP contribution in [0.2, 0.25) is 0 Å². The van der Waals surface area contributed by atoms with Gasteiger partial charge in [-0.15, -0.1) is 0 Å². The molecule has 2 N–H and O–H groups in total. The van der Waals surface area contributed by atoms with Gasteiger partial charge in [-0.1, -0.05) is 24.3 Å². The van der Waals surface area contributed by atoms with Crippen LogP contribution in [0.3, 0.4) is 0 Å². The molecule has 0 aromatic heterocycles. The summed E-state index contributed by atoms with van der Waals surface area (Å²) in [4.78, 5) is 15.3. The van der Waals surface area contributed by atoms with Crippen LogP contribution in [0.4, 0.5) is 0 Å². The fourth-order valence-corrected chi connectivity index (χ4v) is 4.52. The number of rotatable bonds is 3. The van der Waals surface area contributed by atoms with Crippen LogP contribution in [0.1, 0.15) is 42.9 Å². The summed E-state index contributed by atoms with van der Waals surface area (Å²) in [6.45, 7) is 2.58. The summed E-state index contributed by atoms with van der Waals surface area (Å²) >= 11 is 0. The van der Waals surface area contributed by atoms with Gasteiger partial charge in [0.2, 0.25) is 5.91 Å². The average molecular weight is 330 g/mol. The van der Waals surface area contributed by atoms with Crippen LogP contribution in [-0.2, 0) is 16.0 Å². The summed E-state index contributed by atoms with van der Waals surface area (Å²) in [6, 6.07) is 8.13. The Morgan fingerprint density at radius 2 is 2.00 bits per heavy atom. The highest BCUT2D eigenvalue weighted by Gasteiger charge is 2.39. The SMILES string of the molecule is O=C(N[C@@H]1c2ccccc2C[C@H]1O)[C@H]1CCCN1C1CCOCC1. The van der Waals surface area contributed by atoms with Gasteiger partial charge < -0.3 is 15.2 Å². The topological polar surface area (TPSA) is 61.8 Å². The van der Waals surface area contributed by atoms with Crippen LogP contribution in [0.5, 0.6) is 0 Å². The van der Waals surface area contributed by atoms with E-state index in [9.17, 15) is 9.90 Å². The molecule has 24 heavy (non-hydrogen) atoms. The van der Waals surface area contributed by atoms with E-state index in [4.69, 9.17) is 4.74 Å². The fraction of sp³-hybridized carbons (Fsp3) is 0.632. The van der Waals surface area contributed by atoms with Crippen molar-refractivity contribution in [3.8, 4) is 0 Å². The molecular formula is C19H26N2O3. The largest absolute Gasteiger partial charge is 0.390 e. The van der Waals surface area contributed by atoms with Gasteiger partial charge in [0, 0.05) is 25.7 Å². The first-order chi connectivity index (χ1) is 11.7. The molecule has 3 aliphatic rings. The molecule has 4 rings (SSSR count). The molecule has 0 radical (unpaired) electrons. The van der Waals surface area contributed by atoms with Crippen LogP contribution in [0.25, 0.3) is 0 Å². The van der Waals surface area contributed by atoms with Crippen LogP contribution in [-0.4, -0.2) is 53.9 Å². The number of hydrogen-bond donors (Lipinski definition) is 2. The van der Waals surface area contributed by atoms with Gasteiger partial charge in [0.1, 0.15) is 0 Å². The number of likely N-dealkylation sites (tertiary alicyclic amines) is 1. The van der Waals surface area contributed by atoms with Crippen LogP contribution < -0.4 is 5.32 Å². The normalized spacial score (nSPS) is 31.1. The highest BCUT2D eigenvalue weighted by molar-refractivity contribution is 5.82. The van der Waals surface area contributed by atoms with Crippen molar-refractivity contribution in [2.45, 2.75) is 56.3 Å². The minimum Gasteiger partial charge on any atom is -0.390 e. The van der Waals surface area contributed by atoms with Gasteiger partial charge in [-0.2, -0.15) is 0 Å². The zero-order chi connectivity index (χ0) is 16.5. The lowest BCUT2D eigenvalue weighted by Gasteiger charge is -2.35. The van der Waals surface area contributed by atoms with Crippen molar-refractivity contribution >= 4 is 5.91 Å². The van der Waals surface area contributed by atoms with Crippen molar-refractivity contribution in [3.05, 3.63) is 35.4 Å². The first-order valence-corrected chi connectivity index (χ1v) is 9.14. The van der Waals surface area contributed by atoms with E-state index in [1.54, 1.807) is 0 Å². The number of carbonyl (C=O) groups is 1. The number of aliphatic hydroxyl groups is 1. The van der Waals surface area contributed by atoms with E-state index in [0.717, 1.165) is 56.6 Å². The number of nitrogens with one attached hydrogen (secondary N) is 1. The third-order valence-electron chi connectivity index (χ3n) is 5.76. The van der Waals surface area contributed by atoms with E-state index < -0.39 is 6.10 Å². The molecule has 1 amide bonds. The van der Waals surface area contributed by atoms with Gasteiger partial charge in [0.05, 0.1) is 18.2 Å². The molecule has 1 aliphatic carbocycles. The molecule has 2 fully saturated rings. The molecule has 1 aromatic carbocycles. The second-order valence-electron chi connectivity index (χ2n) is 7.20. The molecule has 2 saturated heterocycles. The molecule has 5 heteroatoms. The molecular weight excluding hydrogens is 304 g/mol. The van der Waals surface area contributed by atoms with Crippen molar-refractivity contribution in [1.29, 1.82) is 0 Å². The summed E-state index contributed by atoms with van der Waals surface area (Å²) in [6.07, 6.45) is 4.10. The van der Waals surface area contributed by atoms with E-state index in [1.807, 2.05) is 24.3 Å². The predicted octanol–water partition coefficient (Wildman–Crippen LogP) is 1.40. The lowest BCUT2D eigenvalue weighted by Crippen LogP contribution is -2.50. The lowest BCUT2D eigenvalue weighted by molar-refractivity contribution is -0.128. The third-order valence-corrected chi connectivity index (χ3v) is 5.76. The lowest BCUT2D eigenvalue weighted by atomic mass is 10.0. The van der Waals surface area contributed by atoms with Gasteiger partial charge >= 0.3 is 0 Å². The van der Waals surface area contributed by atoms with E-state index in [1.165, 1.54) is 0 Å². The number of benzene rings is 1. The highest BCUT2D eigenvalue weighted by atomic mass is 16.5. The maximum Gasteiger partial charge on any atom is 0.237 e. The molecule has 130 valence electrons. The molecule has 2 aliphatic heterocycles. The van der Waals surface area contributed by atoms with Crippen molar-refractivity contribution in [2.75, 3.05) is 19.8 Å². The van der Waals surface area contributed by atoms with Gasteiger partial charge in [0.15, 0.2) is 0 Å². The summed E-state index contributed by atoms with van der Waals surface area (Å²) in [5, 5.41) is 13.5. The Bertz CT molecular complexity index is 600. The number of carbonyl (C=O) groups excluding carboxylic acids is 1. The average Bonchev–Trinajstić information content (AvgIpc) is 3.21. The number of amides is 1. The van der Waals surface area contributed by atoms with E-state index in [0.29, 0.717) is 12.5 Å². The standard InChI is InChI=1S/C19H26N2O3/c22-17-12-13-4-1-2-5-15(13)18(17)20-19(23)16-6-3-9-21(16)14-7-10-24-11-8-14/h1-2,4-5,14,16-18,22H,3,6-12H2,(H,20,23)/t16-,17-,18-/m1/s1. The van der Waals surface area contributed by atoms with Crippen molar-refractivity contribution in [2.24, 2.45) is 0 Å². The van der Waals surface area contributed by atoms with Gasteiger partial charge in [-0.05, 0) is 43.4 Å². The fourth-order valence-electron chi connectivity index (χ4n) is 4.52. The van der Waals surface area contributed by atoms with E-state index in [2.05, 4.69) is 10.2 Å². The van der Waals surface area contributed by atoms with Crippen molar-refractivity contribution in [3.63, 3.8) is 0 Å². The highest BCUT2D eigenvalue weighted by Crippen LogP contribution is 2.32. The van der Waals surface area contributed by atoms with Crippen molar-refractivity contribution in [1.82, 2.24) is 10.2 Å². The maximum atomic E-state index is 12.9. The summed E-state index contributed by atoms with van der Waals surface area (Å²) in [5.41, 5.74) is 2.21. The van der Waals surface area contributed by atoms with Gasteiger partial charge in [-0.25, -0.2) is 0 Å². The molecule has 0 saturated carbocycles. The molecule has 1 aromatic rings. The summed E-state index contributed by atoms with van der Waals surface area (Å²) in [7, 11) is 0. The Hall–Kier alpha value is -1.43. The Morgan fingerprint density at radius 3 is 2.83 bits per heavy atom. The Kier molecular flexibility index (Phi) is 4.57. The molecule has 5 nitrogen and oxygen atoms in total. The molecule has 3 atom stereocenters. The van der Waals surface area contributed by atoms with Crippen molar-refractivity contribution < 1.29 is 14.6 Å². The quantitative estimate of drug-likeness (QED) is 0.880. The number of hydrogen-bond acceptors (Lipinski definition) is 4. The van der Waals surface area contributed by atoms with Gasteiger partial charge in [0.25, 0.3) is 0 Å². The monoisotopic (exact) mass is 330 g/mol. The predicted molar refractivity (Wildman–Crippen MR) is 90.6 cm³/mol. The zero-order valence-electron chi connectivity index (χ0n) is 14.0. The Labute approximate surface area is 143 Å². The number of aliphatic hydroxyl groups excluding tert-OH is 1. The van der Waals surface area contributed by atoms with Crippen LogP contribution in [0.15, 0.2) is 24.3 Å². The minimum absolute atomic E-state index is 0.0620. The molecule has 0 bridgehead atoms. The minimum atomic E-state index is -0.524. The van der Waals surface area contributed by atoms with Gasteiger partial charge in [-0.3, -0.25) is 9.69 Å². The summed E-state index contributed by atoms with van der Waals surface area (Å²) < 4.78 is 5.46. The Balaban J connectivity index is 1.45. The zero-order valence-corrected chi connectivity index (χ0v) is 14.0.